The van der Waals surface area contributed by atoms with Gasteiger partial charge in [0.25, 0.3) is 6.47 Å². The van der Waals surface area contributed by atoms with Gasteiger partial charge < -0.3 is 26.0 Å². The number of benzene rings is 1. The van der Waals surface area contributed by atoms with Gasteiger partial charge >= 0.3 is 6.03 Å². The molecule has 3 aromatic heterocycles. The van der Waals surface area contributed by atoms with E-state index < -0.39 is 0 Å². The number of hydrogen-bond donors (Lipinski definition) is 4. The first-order valence-corrected chi connectivity index (χ1v) is 11.7. The highest BCUT2D eigenvalue weighted by atomic mass is 16.3. The molecule has 0 bridgehead atoms. The Bertz CT molecular complexity index is 1310. The van der Waals surface area contributed by atoms with E-state index in [2.05, 4.69) is 59.5 Å². The van der Waals surface area contributed by atoms with Gasteiger partial charge in [0.05, 0.1) is 11.9 Å². The summed E-state index contributed by atoms with van der Waals surface area (Å²) in [6.45, 7) is 6.17. The van der Waals surface area contributed by atoms with Crippen LogP contribution in [0, 0.1) is 0 Å². The second-order valence-corrected chi connectivity index (χ2v) is 8.10. The second-order valence-electron chi connectivity index (χ2n) is 8.10. The highest BCUT2D eigenvalue weighted by Crippen LogP contribution is 2.27. The third-order valence-corrected chi connectivity index (χ3v) is 5.79. The number of nitrogens with one attached hydrogen (secondary N) is 3. The van der Waals surface area contributed by atoms with Crippen molar-refractivity contribution in [2.24, 2.45) is 0 Å². The van der Waals surface area contributed by atoms with Gasteiger partial charge in [-0.05, 0) is 48.9 Å². The lowest BCUT2D eigenvalue weighted by Crippen LogP contribution is -2.43. The van der Waals surface area contributed by atoms with E-state index in [1.165, 1.54) is 0 Å². The Balaban J connectivity index is 0.000000967. The largest absolute Gasteiger partial charge is 0.483 e. The highest BCUT2D eigenvalue weighted by molar-refractivity contribution is 5.90. The zero-order valence-corrected chi connectivity index (χ0v) is 20.0. The maximum atomic E-state index is 11.9. The lowest BCUT2D eigenvalue weighted by Gasteiger charge is -2.28. The van der Waals surface area contributed by atoms with Crippen LogP contribution in [0.3, 0.4) is 0 Å². The minimum atomic E-state index is -0.250. The molecular weight excluding hydrogens is 458 g/mol. The van der Waals surface area contributed by atoms with E-state index >= 15 is 0 Å². The fraction of sp³-hybridized carbons (Fsp3) is 0.231. The average molecular weight is 488 g/mol. The number of urea groups is 1. The van der Waals surface area contributed by atoms with Crippen LogP contribution in [0.15, 0.2) is 67.1 Å². The van der Waals surface area contributed by atoms with Gasteiger partial charge in [0.1, 0.15) is 11.5 Å². The summed E-state index contributed by atoms with van der Waals surface area (Å²) in [7, 11) is 0. The Hall–Kier alpha value is -4.44. The van der Waals surface area contributed by atoms with Gasteiger partial charge in [-0.25, -0.2) is 14.8 Å². The normalized spacial score (nSPS) is 13.0. The number of rotatable bonds is 5. The van der Waals surface area contributed by atoms with Crippen LogP contribution < -0.4 is 20.9 Å². The number of pyridine rings is 2. The Labute approximate surface area is 209 Å². The van der Waals surface area contributed by atoms with E-state index in [0.29, 0.717) is 6.54 Å². The van der Waals surface area contributed by atoms with Crippen molar-refractivity contribution in [1.82, 2.24) is 25.0 Å². The number of aromatic nitrogens is 3. The number of nitrogens with zero attached hydrogens (tertiary/aromatic N) is 4. The van der Waals surface area contributed by atoms with Crippen molar-refractivity contribution >= 4 is 29.7 Å². The Morgan fingerprint density at radius 3 is 2.58 bits per heavy atom. The number of amides is 2. The van der Waals surface area contributed by atoms with Crippen molar-refractivity contribution < 1.29 is 14.7 Å². The van der Waals surface area contributed by atoms with Gasteiger partial charge in [0, 0.05) is 61.9 Å². The molecule has 0 saturated carbocycles. The maximum absolute atomic E-state index is 11.9. The molecule has 0 radical (unpaired) electrons. The molecule has 4 heterocycles. The Morgan fingerprint density at radius 1 is 1.06 bits per heavy atom. The minimum absolute atomic E-state index is 0.214. The molecule has 36 heavy (non-hydrogen) atoms. The van der Waals surface area contributed by atoms with Crippen LogP contribution in [0.4, 0.5) is 16.3 Å². The predicted octanol–water partition coefficient (Wildman–Crippen LogP) is 3.32. The van der Waals surface area contributed by atoms with Crippen LogP contribution >= 0.6 is 0 Å². The topological polar surface area (TPSA) is 124 Å². The summed E-state index contributed by atoms with van der Waals surface area (Å²) in [5.74, 6) is 1.02. The number of hydrogen-bond acceptors (Lipinski definition) is 6. The number of fused-ring (bicyclic) bond motifs is 1. The molecule has 10 nitrogen and oxygen atoms in total. The Kier molecular flexibility index (Phi) is 8.09. The highest BCUT2D eigenvalue weighted by Gasteiger charge is 2.12. The first kappa shape index (κ1) is 24.7. The van der Waals surface area contributed by atoms with Crippen LogP contribution in [-0.2, 0) is 4.79 Å². The molecule has 4 N–H and O–H groups in total. The van der Waals surface area contributed by atoms with Crippen LogP contribution in [0.2, 0.25) is 0 Å². The number of carboxylic acid groups (broad SMARTS) is 1. The molecule has 2 amide bonds. The average Bonchev–Trinajstić information content (AvgIpc) is 3.33. The molecule has 1 aliphatic rings. The summed E-state index contributed by atoms with van der Waals surface area (Å²) >= 11 is 0. The lowest BCUT2D eigenvalue weighted by molar-refractivity contribution is -0.122. The molecule has 1 saturated heterocycles. The van der Waals surface area contributed by atoms with Crippen LogP contribution in [-0.4, -0.2) is 64.7 Å². The van der Waals surface area contributed by atoms with Gasteiger partial charge in [-0.1, -0.05) is 12.1 Å². The summed E-state index contributed by atoms with van der Waals surface area (Å²) in [4.78, 5) is 31.8. The summed E-state index contributed by atoms with van der Waals surface area (Å²) in [5.41, 5.74) is 5.67. The third-order valence-electron chi connectivity index (χ3n) is 5.79. The standard InChI is InChI=1S/C25H27N7O.CH2O2/c1-2-27-25(33)30-21-5-3-4-19(14-21)22-17-29-24-15-18(8-11-32(22)24)20-6-7-23(28-16-20)31-12-9-26-10-13-31;2-1-3/h3-8,11,14-17,26H,2,9-10,12-13H2,1H3,(H2,27,30,33);1H,(H,2,3). The van der Waals surface area contributed by atoms with E-state index in [9.17, 15) is 4.79 Å². The molecule has 1 aliphatic heterocycles. The summed E-state index contributed by atoms with van der Waals surface area (Å²) in [5, 5.41) is 15.9. The molecule has 4 aromatic rings. The maximum Gasteiger partial charge on any atom is 0.319 e. The fourth-order valence-electron chi connectivity index (χ4n) is 4.10. The summed E-state index contributed by atoms with van der Waals surface area (Å²) < 4.78 is 2.05. The molecular formula is C26H29N7O3. The van der Waals surface area contributed by atoms with Gasteiger partial charge in [-0.15, -0.1) is 0 Å². The molecule has 1 fully saturated rings. The number of piperazine rings is 1. The molecule has 1 aromatic carbocycles. The molecule has 10 heteroatoms. The van der Waals surface area contributed by atoms with Crippen LogP contribution in [0.5, 0.6) is 0 Å². The van der Waals surface area contributed by atoms with Crippen molar-refractivity contribution in [2.75, 3.05) is 42.9 Å². The van der Waals surface area contributed by atoms with Gasteiger partial charge in [0.2, 0.25) is 0 Å². The molecule has 0 aliphatic carbocycles. The van der Waals surface area contributed by atoms with Crippen molar-refractivity contribution in [3.8, 4) is 22.4 Å². The van der Waals surface area contributed by atoms with Crippen LogP contribution in [0.1, 0.15) is 6.92 Å². The van der Waals surface area contributed by atoms with E-state index in [-0.39, 0.29) is 12.5 Å². The number of anilines is 2. The SMILES string of the molecule is CCNC(=O)Nc1cccc(-c2cnc3cc(-c4ccc(N5CCNCC5)nc4)ccn23)c1.O=CO. The summed E-state index contributed by atoms with van der Waals surface area (Å²) in [6, 6.07) is 15.9. The van der Waals surface area contributed by atoms with Crippen molar-refractivity contribution in [2.45, 2.75) is 6.92 Å². The zero-order chi connectivity index (χ0) is 25.3. The zero-order valence-electron chi connectivity index (χ0n) is 20.0. The summed E-state index contributed by atoms with van der Waals surface area (Å²) in [6.07, 6.45) is 5.82. The minimum Gasteiger partial charge on any atom is -0.483 e. The lowest BCUT2D eigenvalue weighted by atomic mass is 10.1. The van der Waals surface area contributed by atoms with E-state index in [0.717, 1.165) is 65.7 Å². The van der Waals surface area contributed by atoms with Gasteiger partial charge in [-0.2, -0.15) is 0 Å². The predicted molar refractivity (Wildman–Crippen MR) is 140 cm³/mol. The van der Waals surface area contributed by atoms with Crippen molar-refractivity contribution in [3.63, 3.8) is 0 Å². The molecule has 186 valence electrons. The van der Waals surface area contributed by atoms with E-state index in [1.807, 2.05) is 49.8 Å². The van der Waals surface area contributed by atoms with E-state index in [1.54, 1.807) is 0 Å². The smallest absolute Gasteiger partial charge is 0.319 e. The van der Waals surface area contributed by atoms with Crippen molar-refractivity contribution in [3.05, 3.63) is 67.1 Å². The first-order chi connectivity index (χ1) is 17.6. The van der Waals surface area contributed by atoms with Crippen molar-refractivity contribution in [1.29, 1.82) is 0 Å². The monoisotopic (exact) mass is 487 g/mol. The second kappa shape index (κ2) is 11.8. The number of carbonyl (C=O) groups excluding carboxylic acids is 1. The number of carbonyl (C=O) groups is 2. The quantitative estimate of drug-likeness (QED) is 0.318. The molecule has 5 rings (SSSR count). The van der Waals surface area contributed by atoms with E-state index in [4.69, 9.17) is 9.90 Å². The first-order valence-electron chi connectivity index (χ1n) is 11.7. The van der Waals surface area contributed by atoms with Crippen LogP contribution in [0.25, 0.3) is 28.0 Å². The number of imidazole rings is 1. The Morgan fingerprint density at radius 2 is 1.86 bits per heavy atom. The van der Waals surface area contributed by atoms with Gasteiger partial charge in [-0.3, -0.25) is 9.20 Å². The molecule has 0 atom stereocenters. The molecule has 0 unspecified atom stereocenters. The fourth-order valence-corrected chi connectivity index (χ4v) is 4.10. The molecule has 0 spiro atoms. The van der Waals surface area contributed by atoms with Gasteiger partial charge in [0.15, 0.2) is 0 Å². The third kappa shape index (κ3) is 5.78.